The summed E-state index contributed by atoms with van der Waals surface area (Å²) in [6.07, 6.45) is 1.53. The minimum atomic E-state index is -0.337. The smallest absolute Gasteiger partial charge is 0.233 e. The molecule has 1 unspecified atom stereocenters. The molecule has 7 nitrogen and oxygen atoms in total. The molecule has 2 aromatic carbocycles. The first kappa shape index (κ1) is 25.0. The van der Waals surface area contributed by atoms with Crippen molar-refractivity contribution in [1.82, 2.24) is 19.7 Å². The normalized spacial score (nSPS) is 16.3. The van der Waals surface area contributed by atoms with Crippen LogP contribution in [-0.4, -0.2) is 50.3 Å². The molecule has 2 heterocycles. The van der Waals surface area contributed by atoms with Gasteiger partial charge in [-0.1, -0.05) is 75.0 Å². The fourth-order valence-electron chi connectivity index (χ4n) is 4.35. The van der Waals surface area contributed by atoms with E-state index >= 15 is 0 Å². The topological polar surface area (TPSA) is 94.1 Å². The summed E-state index contributed by atoms with van der Waals surface area (Å²) in [5, 5.41) is 9.66. The number of aryl methyl sites for hydroxylation is 1. The molecule has 184 valence electrons. The van der Waals surface area contributed by atoms with Crippen molar-refractivity contribution in [2.24, 2.45) is 11.7 Å². The first-order valence-corrected chi connectivity index (χ1v) is 13.0. The van der Waals surface area contributed by atoms with Gasteiger partial charge in [0.05, 0.1) is 17.4 Å². The number of piperidine rings is 1. The van der Waals surface area contributed by atoms with Gasteiger partial charge in [-0.3, -0.25) is 14.2 Å². The second-order valence-corrected chi connectivity index (χ2v) is 11.1. The number of hydrogen-bond acceptors (Lipinski definition) is 5. The van der Waals surface area contributed by atoms with E-state index in [1.165, 1.54) is 17.3 Å². The van der Waals surface area contributed by atoms with Crippen molar-refractivity contribution in [2.45, 2.75) is 51.1 Å². The summed E-state index contributed by atoms with van der Waals surface area (Å²) in [5.41, 5.74) is 9.83. The molecule has 0 spiro atoms. The molecule has 0 bridgehead atoms. The van der Waals surface area contributed by atoms with Crippen LogP contribution in [0.4, 0.5) is 0 Å². The molecule has 2 amide bonds. The van der Waals surface area contributed by atoms with Gasteiger partial charge >= 0.3 is 0 Å². The van der Waals surface area contributed by atoms with Crippen molar-refractivity contribution in [3.8, 4) is 17.1 Å². The van der Waals surface area contributed by atoms with Gasteiger partial charge in [-0.15, -0.1) is 10.2 Å². The van der Waals surface area contributed by atoms with Gasteiger partial charge < -0.3 is 10.6 Å². The molecule has 8 heteroatoms. The second-order valence-electron chi connectivity index (χ2n) is 10.1. The Balaban J connectivity index is 1.62. The predicted molar refractivity (Wildman–Crippen MR) is 139 cm³/mol. The summed E-state index contributed by atoms with van der Waals surface area (Å²) in [6.45, 7) is 9.68. The Morgan fingerprint density at radius 2 is 1.80 bits per heavy atom. The van der Waals surface area contributed by atoms with E-state index in [1.54, 1.807) is 4.90 Å². The molecule has 0 radical (unpaired) electrons. The Bertz CT molecular complexity index is 1210. The van der Waals surface area contributed by atoms with Crippen molar-refractivity contribution in [3.05, 3.63) is 59.7 Å². The average molecular weight is 492 g/mol. The minimum absolute atomic E-state index is 0.0173. The Morgan fingerprint density at radius 3 is 2.46 bits per heavy atom. The summed E-state index contributed by atoms with van der Waals surface area (Å²) in [7, 11) is 0. The third-order valence-corrected chi connectivity index (χ3v) is 7.41. The summed E-state index contributed by atoms with van der Waals surface area (Å²) >= 11 is 1.37. The van der Waals surface area contributed by atoms with E-state index in [9.17, 15) is 9.59 Å². The molecule has 1 aromatic heterocycles. The molecular weight excluding hydrogens is 458 g/mol. The number of aromatic nitrogens is 3. The van der Waals surface area contributed by atoms with Crippen molar-refractivity contribution in [1.29, 1.82) is 0 Å². The number of benzene rings is 2. The van der Waals surface area contributed by atoms with E-state index in [-0.39, 0.29) is 28.9 Å². The van der Waals surface area contributed by atoms with Gasteiger partial charge in [0.1, 0.15) is 0 Å². The molecule has 1 fully saturated rings. The SMILES string of the molecule is Cc1ccccc1-n1c(SCC(=O)N2CCCC(C(N)=O)C2)nnc1-c1ccc(C(C)(C)C)cc1. The van der Waals surface area contributed by atoms with Crippen LogP contribution in [-0.2, 0) is 15.0 Å². The molecule has 0 aliphatic carbocycles. The first-order valence-electron chi connectivity index (χ1n) is 12.0. The van der Waals surface area contributed by atoms with Crippen molar-refractivity contribution >= 4 is 23.6 Å². The van der Waals surface area contributed by atoms with Crippen molar-refractivity contribution < 1.29 is 9.59 Å². The van der Waals surface area contributed by atoms with Gasteiger partial charge in [0.25, 0.3) is 0 Å². The minimum Gasteiger partial charge on any atom is -0.369 e. The van der Waals surface area contributed by atoms with E-state index in [4.69, 9.17) is 5.73 Å². The number of rotatable bonds is 6. The number of carbonyl (C=O) groups is 2. The van der Waals surface area contributed by atoms with Crippen LogP contribution < -0.4 is 5.73 Å². The van der Waals surface area contributed by atoms with E-state index < -0.39 is 0 Å². The largest absolute Gasteiger partial charge is 0.369 e. The number of primary amides is 1. The zero-order valence-corrected chi connectivity index (χ0v) is 21.6. The van der Waals surface area contributed by atoms with Crippen molar-refractivity contribution in [2.75, 3.05) is 18.8 Å². The van der Waals surface area contributed by atoms with Crippen LogP contribution in [0, 0.1) is 12.8 Å². The molecular formula is C27H33N5O2S. The van der Waals surface area contributed by atoms with Crippen LogP contribution in [0.1, 0.15) is 44.7 Å². The summed E-state index contributed by atoms with van der Waals surface area (Å²) in [6, 6.07) is 16.5. The van der Waals surface area contributed by atoms with Crippen LogP contribution in [0.15, 0.2) is 53.7 Å². The number of thioether (sulfide) groups is 1. The van der Waals surface area contributed by atoms with Gasteiger partial charge in [0.15, 0.2) is 11.0 Å². The molecule has 1 aliphatic rings. The quantitative estimate of drug-likeness (QED) is 0.517. The lowest BCUT2D eigenvalue weighted by molar-refractivity contribution is -0.132. The van der Waals surface area contributed by atoms with Gasteiger partial charge in [-0.05, 0) is 42.4 Å². The predicted octanol–water partition coefficient (Wildman–Crippen LogP) is 4.36. The summed E-state index contributed by atoms with van der Waals surface area (Å²) < 4.78 is 2.03. The Hall–Kier alpha value is -3.13. The molecule has 2 N–H and O–H groups in total. The maximum absolute atomic E-state index is 13.0. The molecule has 35 heavy (non-hydrogen) atoms. The van der Waals surface area contributed by atoms with Gasteiger partial charge in [-0.25, -0.2) is 0 Å². The van der Waals surface area contributed by atoms with Crippen LogP contribution in [0.3, 0.4) is 0 Å². The summed E-state index contributed by atoms with van der Waals surface area (Å²) in [4.78, 5) is 26.3. The van der Waals surface area contributed by atoms with E-state index in [1.807, 2.05) is 22.8 Å². The number of nitrogens with zero attached hydrogens (tertiary/aromatic N) is 4. The van der Waals surface area contributed by atoms with Gasteiger partial charge in [-0.2, -0.15) is 0 Å². The maximum atomic E-state index is 13.0. The van der Waals surface area contributed by atoms with E-state index in [2.05, 4.69) is 68.2 Å². The molecule has 4 rings (SSSR count). The molecule has 0 saturated carbocycles. The lowest BCUT2D eigenvalue weighted by Crippen LogP contribution is -2.44. The zero-order chi connectivity index (χ0) is 25.2. The maximum Gasteiger partial charge on any atom is 0.233 e. The summed E-state index contributed by atoms with van der Waals surface area (Å²) in [5.74, 6) is 0.337. The van der Waals surface area contributed by atoms with Crippen LogP contribution in [0.2, 0.25) is 0 Å². The first-order chi connectivity index (χ1) is 16.6. The average Bonchev–Trinajstić information content (AvgIpc) is 3.26. The highest BCUT2D eigenvalue weighted by molar-refractivity contribution is 7.99. The Labute approximate surface area is 211 Å². The third kappa shape index (κ3) is 5.59. The lowest BCUT2D eigenvalue weighted by Gasteiger charge is -2.31. The molecule has 1 saturated heterocycles. The Morgan fingerprint density at radius 1 is 1.09 bits per heavy atom. The van der Waals surface area contributed by atoms with Crippen molar-refractivity contribution in [3.63, 3.8) is 0 Å². The van der Waals surface area contributed by atoms with Crippen LogP contribution in [0.25, 0.3) is 17.1 Å². The van der Waals surface area contributed by atoms with E-state index in [0.29, 0.717) is 18.2 Å². The highest BCUT2D eigenvalue weighted by atomic mass is 32.2. The van der Waals surface area contributed by atoms with Gasteiger partial charge in [0, 0.05) is 18.7 Å². The molecule has 3 aromatic rings. The van der Waals surface area contributed by atoms with Crippen LogP contribution >= 0.6 is 11.8 Å². The highest BCUT2D eigenvalue weighted by Crippen LogP contribution is 2.31. The fraction of sp³-hybridized carbons (Fsp3) is 0.407. The zero-order valence-electron chi connectivity index (χ0n) is 20.8. The number of hydrogen-bond donors (Lipinski definition) is 1. The highest BCUT2D eigenvalue weighted by Gasteiger charge is 2.27. The Kier molecular flexibility index (Phi) is 7.31. The molecule has 1 aliphatic heterocycles. The van der Waals surface area contributed by atoms with E-state index in [0.717, 1.165) is 35.5 Å². The second kappa shape index (κ2) is 10.2. The standard InChI is InChI=1S/C27H33N5O2S/c1-18-8-5-6-10-22(18)32-25(19-11-13-21(14-12-19)27(2,3)4)29-30-26(32)35-17-23(33)31-15-7-9-20(16-31)24(28)34/h5-6,8,10-14,20H,7,9,15-17H2,1-4H3,(H2,28,34). The molecule has 1 atom stereocenters. The number of carbonyl (C=O) groups excluding carboxylic acids is 2. The monoisotopic (exact) mass is 491 g/mol. The number of para-hydroxylation sites is 1. The fourth-order valence-corrected chi connectivity index (χ4v) is 5.20. The van der Waals surface area contributed by atoms with Crippen LogP contribution in [0.5, 0.6) is 0 Å². The number of nitrogens with two attached hydrogens (primary N) is 1. The van der Waals surface area contributed by atoms with Gasteiger partial charge in [0.2, 0.25) is 11.8 Å². The number of amides is 2. The lowest BCUT2D eigenvalue weighted by atomic mass is 9.87. The number of likely N-dealkylation sites (tertiary alicyclic amines) is 1. The third-order valence-electron chi connectivity index (χ3n) is 6.50.